The number of halogens is 1. The number of amides is 1. The van der Waals surface area contributed by atoms with Crippen molar-refractivity contribution in [3.05, 3.63) is 51.2 Å². The van der Waals surface area contributed by atoms with Crippen molar-refractivity contribution in [2.75, 3.05) is 19.8 Å². The molecule has 1 amide bonds. The number of likely N-dealkylation sites (tertiary alicyclic amines) is 1. The van der Waals surface area contributed by atoms with Crippen LogP contribution >= 0.6 is 0 Å². The quantitative estimate of drug-likeness (QED) is 0.165. The maximum atomic E-state index is 17.2. The van der Waals surface area contributed by atoms with Gasteiger partial charge in [0.15, 0.2) is 25.5 Å². The number of ether oxygens (including phenoxy) is 3. The van der Waals surface area contributed by atoms with Crippen LogP contribution in [0.5, 0.6) is 11.6 Å². The van der Waals surface area contributed by atoms with Crippen molar-refractivity contribution < 1.29 is 47.0 Å². The van der Waals surface area contributed by atoms with Crippen molar-refractivity contribution in [2.24, 2.45) is 17.6 Å². The van der Waals surface area contributed by atoms with Crippen LogP contribution in [0, 0.1) is 17.7 Å². The molecule has 1 saturated heterocycles. The Bertz CT molecular complexity index is 1910. The summed E-state index contributed by atoms with van der Waals surface area (Å²) < 4.78 is 47.9. The third kappa shape index (κ3) is 7.07. The lowest BCUT2D eigenvalue weighted by molar-refractivity contribution is -0.0273. The van der Waals surface area contributed by atoms with Gasteiger partial charge < -0.3 is 38.9 Å². The summed E-state index contributed by atoms with van der Waals surface area (Å²) in [5, 5.41) is 16.4. The molecule has 0 bridgehead atoms. The molecule has 3 aliphatic carbocycles. The van der Waals surface area contributed by atoms with Gasteiger partial charge in [-0.25, -0.2) is 9.18 Å². The molecule has 0 saturated carbocycles. The molecule has 2 heterocycles. The van der Waals surface area contributed by atoms with Crippen LogP contribution in [0.25, 0.3) is 0 Å². The molecule has 56 heavy (non-hydrogen) atoms. The number of carbonyl (C=O) groups excluding carboxylic acids is 3. The molecule has 6 rings (SSSR count). The Morgan fingerprint density at radius 1 is 1.09 bits per heavy atom. The first-order valence-electron chi connectivity index (χ1n) is 20.3. The van der Waals surface area contributed by atoms with E-state index in [4.69, 9.17) is 28.9 Å². The number of aromatic nitrogens is 1. The van der Waals surface area contributed by atoms with E-state index in [1.807, 2.05) is 47.7 Å². The predicted molar refractivity (Wildman–Crippen MR) is 210 cm³/mol. The number of allylic oxidation sites excluding steroid dienone is 1. The van der Waals surface area contributed by atoms with Crippen LogP contribution in [0.2, 0.25) is 18.1 Å². The van der Waals surface area contributed by atoms with E-state index in [-0.39, 0.29) is 71.3 Å². The molecule has 3 N–H and O–H groups in total. The smallest absolute Gasteiger partial charge is 0.410 e. The van der Waals surface area contributed by atoms with Crippen molar-refractivity contribution >= 4 is 26.0 Å². The molecule has 0 spiro atoms. The maximum Gasteiger partial charge on any atom is 0.410 e. The molecule has 308 valence electrons. The zero-order valence-electron chi connectivity index (χ0n) is 34.7. The Morgan fingerprint density at radius 2 is 1.75 bits per heavy atom. The molecule has 1 aromatic heterocycles. The fourth-order valence-electron chi connectivity index (χ4n) is 8.39. The molecule has 1 aromatic carbocycles. The van der Waals surface area contributed by atoms with Gasteiger partial charge in [0.25, 0.3) is 5.88 Å². The Labute approximate surface area is 330 Å². The fraction of sp³-hybridized carbons (Fsp3) is 0.667. The van der Waals surface area contributed by atoms with Gasteiger partial charge in [-0.1, -0.05) is 47.5 Å². The highest BCUT2D eigenvalue weighted by molar-refractivity contribution is 6.74. The number of nitrogens with zero attached hydrogens (tertiary/aromatic N) is 2. The van der Waals surface area contributed by atoms with Gasteiger partial charge in [0.2, 0.25) is 5.78 Å². The van der Waals surface area contributed by atoms with Crippen molar-refractivity contribution in [2.45, 2.75) is 148 Å². The Balaban J connectivity index is 1.53. The number of aliphatic hydroxyl groups excluding tert-OH is 1. The number of benzene rings is 1. The van der Waals surface area contributed by atoms with E-state index in [1.54, 1.807) is 25.7 Å². The second-order valence-corrected chi connectivity index (χ2v) is 23.1. The van der Waals surface area contributed by atoms with Crippen molar-refractivity contribution in [3.63, 3.8) is 0 Å². The summed E-state index contributed by atoms with van der Waals surface area (Å²) in [5.74, 6) is -3.70. The van der Waals surface area contributed by atoms with Gasteiger partial charge in [-0.2, -0.15) is 0 Å². The lowest BCUT2D eigenvalue weighted by Gasteiger charge is -2.53. The SMILES string of the molecule is CCCCOc1cc(C2CCCN2C(=O)OC(C)(C)C)c(F)c2c1C(=O)C1=C(O)[C@]3(O[Si](C)(C)C(C)(C)C)C(=O)c4c(OCCCC)noc4[C@@H](N)[C@@H]3C[C@@H]1C2. The second-order valence-electron chi connectivity index (χ2n) is 18.4. The van der Waals surface area contributed by atoms with Crippen LogP contribution in [0.3, 0.4) is 0 Å². The van der Waals surface area contributed by atoms with Crippen LogP contribution in [-0.4, -0.2) is 72.1 Å². The number of carbonyl (C=O) groups is 3. The van der Waals surface area contributed by atoms with Crippen LogP contribution < -0.4 is 15.2 Å². The van der Waals surface area contributed by atoms with Crippen LogP contribution in [-0.2, 0) is 15.6 Å². The number of hydrogen-bond acceptors (Lipinski definition) is 11. The Kier molecular flexibility index (Phi) is 11.4. The zero-order chi connectivity index (χ0) is 41.1. The highest BCUT2D eigenvalue weighted by Crippen LogP contribution is 2.58. The summed E-state index contributed by atoms with van der Waals surface area (Å²) >= 11 is 0. The van der Waals surface area contributed by atoms with Crippen LogP contribution in [0.4, 0.5) is 9.18 Å². The second kappa shape index (κ2) is 15.2. The standard InChI is InChI=1S/C42H60FN3O9Si/c1-11-13-18-51-28-22-24(27-16-15-17-46(27)39(50)53-40(3,4)5)32(43)25-20-23-21-26-33(44)35-31(38(45-54-35)52-19-14-12-2)37(49)42(26,55-56(9,10)41(6,7)8)36(48)29(23)34(47)30(25)28/h22-23,26-27,33,48H,11-21,44H2,1-10H3/t23-,26-,27?,33-,42-/m0/s1. The summed E-state index contributed by atoms with van der Waals surface area (Å²) in [4.78, 5) is 45.1. The van der Waals surface area contributed by atoms with Crippen molar-refractivity contribution in [3.8, 4) is 11.6 Å². The van der Waals surface area contributed by atoms with E-state index in [9.17, 15) is 9.90 Å². The molecule has 4 aliphatic rings. The molecule has 2 aromatic rings. The molecular weight excluding hydrogens is 738 g/mol. The van der Waals surface area contributed by atoms with E-state index in [0.29, 0.717) is 32.2 Å². The highest BCUT2D eigenvalue weighted by atomic mass is 28.4. The predicted octanol–water partition coefficient (Wildman–Crippen LogP) is 9.09. The van der Waals surface area contributed by atoms with Crippen molar-refractivity contribution in [1.82, 2.24) is 10.1 Å². The lowest BCUT2D eigenvalue weighted by atomic mass is 9.59. The third-order valence-corrected chi connectivity index (χ3v) is 16.7. The fourth-order valence-corrected chi connectivity index (χ4v) is 9.84. The van der Waals surface area contributed by atoms with Crippen molar-refractivity contribution in [1.29, 1.82) is 0 Å². The minimum Gasteiger partial charge on any atom is -0.508 e. The van der Waals surface area contributed by atoms with Crippen LogP contribution in [0.15, 0.2) is 21.9 Å². The molecule has 14 heteroatoms. The normalized spacial score (nSPS) is 25.1. The number of rotatable bonds is 11. The average molecular weight is 798 g/mol. The first-order valence-corrected chi connectivity index (χ1v) is 23.2. The summed E-state index contributed by atoms with van der Waals surface area (Å²) in [5.41, 5.74) is 4.61. The van der Waals surface area contributed by atoms with Gasteiger partial charge in [0.1, 0.15) is 28.5 Å². The summed E-state index contributed by atoms with van der Waals surface area (Å²) in [6.07, 6.45) is 3.80. The van der Waals surface area contributed by atoms with Gasteiger partial charge >= 0.3 is 6.09 Å². The molecule has 0 radical (unpaired) electrons. The van der Waals surface area contributed by atoms with E-state index < -0.39 is 77.7 Å². The molecule has 12 nitrogen and oxygen atoms in total. The molecule has 1 fully saturated rings. The lowest BCUT2D eigenvalue weighted by Crippen LogP contribution is -2.64. The number of unbranched alkanes of at least 4 members (excludes halogenated alkanes) is 2. The van der Waals surface area contributed by atoms with E-state index >= 15 is 14.0 Å². The molecule has 1 aliphatic heterocycles. The van der Waals surface area contributed by atoms with E-state index in [0.717, 1.165) is 12.8 Å². The Morgan fingerprint density at radius 3 is 2.38 bits per heavy atom. The first kappa shape index (κ1) is 41.9. The van der Waals surface area contributed by atoms with Gasteiger partial charge in [0, 0.05) is 29.2 Å². The summed E-state index contributed by atoms with van der Waals surface area (Å²) in [7, 11) is -2.92. The molecule has 1 unspecified atom stereocenters. The number of ketones is 2. The van der Waals surface area contributed by atoms with E-state index in [1.165, 1.54) is 6.07 Å². The van der Waals surface area contributed by atoms with Gasteiger partial charge in [-0.3, -0.25) is 9.59 Å². The minimum atomic E-state index is -2.92. The van der Waals surface area contributed by atoms with Crippen LogP contribution in [0.1, 0.15) is 150 Å². The number of aliphatic hydroxyl groups is 1. The van der Waals surface area contributed by atoms with Gasteiger partial charge in [-0.05, 0) is 94.6 Å². The van der Waals surface area contributed by atoms with E-state index in [2.05, 4.69) is 5.16 Å². The third-order valence-electron chi connectivity index (χ3n) is 12.3. The maximum absolute atomic E-state index is 17.2. The van der Waals surface area contributed by atoms with Gasteiger partial charge in [0.05, 0.1) is 30.9 Å². The molecular formula is C42H60FN3O9Si. The molecule has 5 atom stereocenters. The minimum absolute atomic E-state index is 0.00296. The number of Topliss-reactive ketones (excluding diaryl/α,β-unsaturated/α-hetero) is 2. The topological polar surface area (TPSA) is 164 Å². The zero-order valence-corrected chi connectivity index (χ0v) is 35.7. The number of nitrogens with two attached hydrogens (primary N) is 1. The number of fused-ring (bicyclic) bond motifs is 4. The average Bonchev–Trinajstić information content (AvgIpc) is 3.76. The largest absolute Gasteiger partial charge is 0.508 e. The number of hydrogen-bond donors (Lipinski definition) is 2. The van der Waals surface area contributed by atoms with Gasteiger partial charge in [-0.15, -0.1) is 0 Å². The Hall–Kier alpha value is -3.75. The first-order chi connectivity index (χ1) is 26.2. The highest BCUT2D eigenvalue weighted by Gasteiger charge is 2.66. The summed E-state index contributed by atoms with van der Waals surface area (Å²) in [6, 6.07) is -0.0799. The monoisotopic (exact) mass is 797 g/mol. The summed E-state index contributed by atoms with van der Waals surface area (Å²) in [6.45, 7) is 20.3.